The average molecular weight is 286 g/mol. The third-order valence-electron chi connectivity index (χ3n) is 4.16. The Balaban J connectivity index is 1.73. The molecule has 1 aliphatic heterocycles. The number of aromatic nitrogens is 3. The van der Waals surface area contributed by atoms with E-state index in [1.807, 2.05) is 11.8 Å². The number of nitrogens with one attached hydrogen (secondary N) is 1. The molecule has 0 radical (unpaired) electrons. The van der Waals surface area contributed by atoms with Gasteiger partial charge in [-0.25, -0.2) is 4.68 Å². The first-order valence-corrected chi connectivity index (χ1v) is 8.15. The molecule has 0 saturated heterocycles. The summed E-state index contributed by atoms with van der Waals surface area (Å²) in [6.45, 7) is 2.11. The van der Waals surface area contributed by atoms with Crippen molar-refractivity contribution < 1.29 is 0 Å². The number of benzene rings is 1. The molecule has 1 N–H and O–H groups in total. The van der Waals surface area contributed by atoms with Gasteiger partial charge in [-0.2, -0.15) is 0 Å². The molecule has 1 fully saturated rings. The molecule has 0 spiro atoms. The molecular formula is C15H18N4S. The number of nitrogens with zero attached hydrogens (tertiary/aromatic N) is 3. The van der Waals surface area contributed by atoms with E-state index < -0.39 is 0 Å². The second-order valence-electron chi connectivity index (χ2n) is 5.69. The molecule has 1 aromatic carbocycles. The van der Waals surface area contributed by atoms with Gasteiger partial charge < -0.3 is 5.43 Å². The summed E-state index contributed by atoms with van der Waals surface area (Å²) >= 11 is 1.89. The van der Waals surface area contributed by atoms with Gasteiger partial charge in [-0.3, -0.25) is 0 Å². The second-order valence-corrected chi connectivity index (χ2v) is 6.89. The van der Waals surface area contributed by atoms with Crippen LogP contribution in [0, 0.1) is 6.92 Å². The van der Waals surface area contributed by atoms with Crippen molar-refractivity contribution in [3.8, 4) is 11.4 Å². The fourth-order valence-electron chi connectivity index (χ4n) is 3.12. The molecule has 104 valence electrons. The lowest BCUT2D eigenvalue weighted by Crippen LogP contribution is -2.42. The smallest absolute Gasteiger partial charge is 0.210 e. The molecule has 1 saturated carbocycles. The van der Waals surface area contributed by atoms with Crippen LogP contribution in [-0.2, 0) is 0 Å². The Morgan fingerprint density at radius 1 is 1.25 bits per heavy atom. The van der Waals surface area contributed by atoms with Gasteiger partial charge in [0.15, 0.2) is 5.82 Å². The molecule has 0 amide bonds. The van der Waals surface area contributed by atoms with Gasteiger partial charge >= 0.3 is 0 Å². The molecule has 5 heteroatoms. The van der Waals surface area contributed by atoms with E-state index in [-0.39, 0.29) is 0 Å². The van der Waals surface area contributed by atoms with Crippen molar-refractivity contribution in [2.45, 2.75) is 49.1 Å². The van der Waals surface area contributed by atoms with Crippen LogP contribution in [-0.4, -0.2) is 26.2 Å². The monoisotopic (exact) mass is 286 g/mol. The first kappa shape index (κ1) is 12.3. The van der Waals surface area contributed by atoms with Crippen molar-refractivity contribution in [3.63, 3.8) is 0 Å². The van der Waals surface area contributed by atoms with Crippen LogP contribution in [0.4, 0.5) is 0 Å². The van der Waals surface area contributed by atoms with Crippen molar-refractivity contribution in [2.75, 3.05) is 5.43 Å². The third kappa shape index (κ3) is 2.00. The lowest BCUT2D eigenvalue weighted by atomic mass is 9.95. The molecule has 2 aliphatic rings. The summed E-state index contributed by atoms with van der Waals surface area (Å²) in [7, 11) is 0. The molecule has 20 heavy (non-hydrogen) atoms. The van der Waals surface area contributed by atoms with Crippen molar-refractivity contribution >= 4 is 11.8 Å². The van der Waals surface area contributed by atoms with Crippen molar-refractivity contribution in [1.29, 1.82) is 0 Å². The van der Waals surface area contributed by atoms with Crippen LogP contribution in [0.1, 0.15) is 31.2 Å². The summed E-state index contributed by atoms with van der Waals surface area (Å²) in [6.07, 6.45) is 5.21. The molecule has 1 aliphatic carbocycles. The minimum absolute atomic E-state index is 0.556. The largest absolute Gasteiger partial charge is 0.318 e. The fraction of sp³-hybridized carbons (Fsp3) is 0.467. The zero-order valence-corrected chi connectivity index (χ0v) is 12.4. The van der Waals surface area contributed by atoms with E-state index in [0.717, 1.165) is 16.5 Å². The molecule has 2 heterocycles. The zero-order valence-electron chi connectivity index (χ0n) is 11.5. The van der Waals surface area contributed by atoms with E-state index in [4.69, 9.17) is 0 Å². The maximum Gasteiger partial charge on any atom is 0.210 e. The van der Waals surface area contributed by atoms with Gasteiger partial charge in [0.05, 0.1) is 6.04 Å². The molecule has 2 unspecified atom stereocenters. The third-order valence-corrected chi connectivity index (χ3v) is 5.51. The molecule has 4 rings (SSSR count). The minimum Gasteiger partial charge on any atom is -0.318 e. The summed E-state index contributed by atoms with van der Waals surface area (Å²) < 4.78 is 2.09. The van der Waals surface area contributed by atoms with Gasteiger partial charge in [0.25, 0.3) is 0 Å². The van der Waals surface area contributed by atoms with E-state index in [2.05, 4.69) is 51.5 Å². The predicted octanol–water partition coefficient (Wildman–Crippen LogP) is 3.21. The summed E-state index contributed by atoms with van der Waals surface area (Å²) in [5.41, 5.74) is 6.02. The van der Waals surface area contributed by atoms with E-state index in [1.54, 1.807) is 0 Å². The van der Waals surface area contributed by atoms with Gasteiger partial charge in [-0.15, -0.1) is 10.2 Å². The van der Waals surface area contributed by atoms with Crippen LogP contribution in [0.25, 0.3) is 11.4 Å². The maximum absolute atomic E-state index is 4.40. The number of rotatable bonds is 1. The zero-order chi connectivity index (χ0) is 13.5. The van der Waals surface area contributed by atoms with Crippen molar-refractivity contribution in [3.05, 3.63) is 29.8 Å². The number of hydrogen-bond donors (Lipinski definition) is 1. The Kier molecular flexibility index (Phi) is 2.95. The average Bonchev–Trinajstić information content (AvgIpc) is 2.87. The number of aryl methyl sites for hydroxylation is 1. The van der Waals surface area contributed by atoms with Crippen LogP contribution in [0.2, 0.25) is 0 Å². The highest BCUT2D eigenvalue weighted by Gasteiger charge is 2.33. The Morgan fingerprint density at radius 3 is 3.05 bits per heavy atom. The van der Waals surface area contributed by atoms with Crippen LogP contribution in [0.5, 0.6) is 0 Å². The Bertz CT molecular complexity index is 637. The van der Waals surface area contributed by atoms with Gasteiger partial charge in [0.2, 0.25) is 5.16 Å². The van der Waals surface area contributed by atoms with Crippen LogP contribution < -0.4 is 5.43 Å². The molecule has 2 aromatic rings. The van der Waals surface area contributed by atoms with E-state index in [1.165, 1.54) is 31.2 Å². The first-order valence-electron chi connectivity index (χ1n) is 7.27. The first-order chi connectivity index (χ1) is 9.81. The predicted molar refractivity (Wildman–Crippen MR) is 81.5 cm³/mol. The molecule has 2 atom stereocenters. The van der Waals surface area contributed by atoms with Crippen molar-refractivity contribution in [1.82, 2.24) is 14.9 Å². The molecular weight excluding hydrogens is 268 g/mol. The van der Waals surface area contributed by atoms with Gasteiger partial charge in [0.1, 0.15) is 0 Å². The number of hydrogen-bond acceptors (Lipinski definition) is 4. The standard InChI is InChI=1S/C15H18N4S/c1-10-5-4-6-11(9-10)14-16-17-15-19(14)18-12-7-2-3-8-13(12)20-15/h4-6,9,12-13,18H,2-3,7-8H2,1H3. The number of fused-ring (bicyclic) bond motifs is 2. The van der Waals surface area contributed by atoms with Crippen LogP contribution >= 0.6 is 11.8 Å². The van der Waals surface area contributed by atoms with E-state index >= 15 is 0 Å². The second kappa shape index (κ2) is 4.81. The number of thioether (sulfide) groups is 1. The van der Waals surface area contributed by atoms with Gasteiger partial charge in [0, 0.05) is 10.8 Å². The lowest BCUT2D eigenvalue weighted by Gasteiger charge is -2.36. The summed E-state index contributed by atoms with van der Waals surface area (Å²) in [5.74, 6) is 0.931. The van der Waals surface area contributed by atoms with E-state index in [9.17, 15) is 0 Å². The lowest BCUT2D eigenvalue weighted by molar-refractivity contribution is 0.432. The SMILES string of the molecule is Cc1cccc(-c2nnc3n2NC2CCCCC2S3)c1. The Morgan fingerprint density at radius 2 is 2.15 bits per heavy atom. The van der Waals surface area contributed by atoms with Crippen LogP contribution in [0.3, 0.4) is 0 Å². The van der Waals surface area contributed by atoms with Gasteiger partial charge in [-0.05, 0) is 25.8 Å². The molecule has 4 nitrogen and oxygen atoms in total. The highest BCUT2D eigenvalue weighted by atomic mass is 32.2. The summed E-state index contributed by atoms with van der Waals surface area (Å²) in [4.78, 5) is 0. The Labute approximate surface area is 123 Å². The maximum atomic E-state index is 4.40. The fourth-order valence-corrected chi connectivity index (χ4v) is 4.37. The molecule has 1 aromatic heterocycles. The topological polar surface area (TPSA) is 42.7 Å². The molecule has 0 bridgehead atoms. The van der Waals surface area contributed by atoms with Crippen molar-refractivity contribution in [2.24, 2.45) is 0 Å². The quantitative estimate of drug-likeness (QED) is 0.874. The van der Waals surface area contributed by atoms with E-state index in [0.29, 0.717) is 11.3 Å². The highest BCUT2D eigenvalue weighted by Crippen LogP contribution is 2.38. The summed E-state index contributed by atoms with van der Waals surface area (Å²) in [6, 6.07) is 9.00. The highest BCUT2D eigenvalue weighted by molar-refractivity contribution is 7.99. The van der Waals surface area contributed by atoms with Gasteiger partial charge in [-0.1, -0.05) is 48.4 Å². The van der Waals surface area contributed by atoms with Crippen LogP contribution in [0.15, 0.2) is 29.4 Å². The normalized spacial score (nSPS) is 24.6. The summed E-state index contributed by atoms with van der Waals surface area (Å²) in [5, 5.41) is 10.4. The Hall–Kier alpha value is -1.49. The minimum atomic E-state index is 0.556.